The quantitative estimate of drug-likeness (QED) is 0.847. The zero-order valence-electron chi connectivity index (χ0n) is 15.9. The molecule has 27 heavy (non-hydrogen) atoms. The lowest BCUT2D eigenvalue weighted by Gasteiger charge is -2.33. The number of rotatable bonds is 4. The van der Waals surface area contributed by atoms with Gasteiger partial charge in [-0.1, -0.05) is 0 Å². The van der Waals surface area contributed by atoms with Crippen LogP contribution >= 0.6 is 0 Å². The molecule has 0 aliphatic carbocycles. The Hall–Kier alpha value is -2.70. The lowest BCUT2D eigenvalue weighted by atomic mass is 9.98. The van der Waals surface area contributed by atoms with E-state index in [0.29, 0.717) is 31.4 Å². The predicted octanol–water partition coefficient (Wildman–Crippen LogP) is 3.89. The number of H-pyrrole nitrogens is 1. The van der Waals surface area contributed by atoms with E-state index in [-0.39, 0.29) is 11.8 Å². The maximum atomic E-state index is 12.1. The monoisotopic (exact) mass is 374 g/mol. The Bertz CT molecular complexity index is 828. The molecular weight excluding hydrogens is 348 g/mol. The zero-order chi connectivity index (χ0) is 19.6. The molecule has 1 saturated heterocycles. The molecule has 0 bridgehead atoms. The van der Waals surface area contributed by atoms with E-state index < -0.39 is 11.6 Å². The van der Waals surface area contributed by atoms with Crippen molar-refractivity contribution in [1.29, 1.82) is 0 Å². The third-order valence-electron chi connectivity index (χ3n) is 4.57. The number of benzene rings is 1. The molecule has 2 N–H and O–H groups in total. The van der Waals surface area contributed by atoms with Crippen LogP contribution in [0, 0.1) is 5.92 Å². The van der Waals surface area contributed by atoms with Gasteiger partial charge in [0.2, 0.25) is 0 Å². The van der Waals surface area contributed by atoms with Gasteiger partial charge in [-0.2, -0.15) is 0 Å². The van der Waals surface area contributed by atoms with Crippen LogP contribution in [0.3, 0.4) is 0 Å². The van der Waals surface area contributed by atoms with Crippen LogP contribution in [0.2, 0.25) is 0 Å². The summed E-state index contributed by atoms with van der Waals surface area (Å²) in [5, 5.41) is 9.86. The van der Waals surface area contributed by atoms with Crippen LogP contribution in [0.15, 0.2) is 24.3 Å². The molecule has 1 aromatic carbocycles. The van der Waals surface area contributed by atoms with Gasteiger partial charge in [-0.25, -0.2) is 9.59 Å². The number of ether oxygens (including phenoxy) is 2. The first kappa shape index (κ1) is 19.1. The third kappa shape index (κ3) is 4.93. The maximum absolute atomic E-state index is 12.1. The van der Waals surface area contributed by atoms with Crippen LogP contribution in [-0.2, 0) is 4.74 Å². The molecule has 2 aromatic rings. The van der Waals surface area contributed by atoms with Crippen LogP contribution in [0.25, 0.3) is 10.9 Å². The standard InChI is InChI=1S/C20H26N2O5/c1-20(2,3)27-19(25)22-8-6-13(7-9-22)12-26-15-4-5-16-14(10-15)11-17(21-16)18(23)24/h4-5,10-11,13,21H,6-9,12H2,1-3H3,(H,23,24). The van der Waals surface area contributed by atoms with Crippen LogP contribution in [0.4, 0.5) is 4.79 Å². The molecule has 1 aliphatic rings. The molecule has 0 unspecified atom stereocenters. The van der Waals surface area contributed by atoms with Gasteiger partial charge < -0.3 is 24.5 Å². The van der Waals surface area contributed by atoms with Crippen molar-refractivity contribution >= 4 is 23.0 Å². The summed E-state index contributed by atoms with van der Waals surface area (Å²) in [6.45, 7) is 7.51. The number of aromatic amines is 1. The van der Waals surface area contributed by atoms with Crippen molar-refractivity contribution < 1.29 is 24.2 Å². The first-order chi connectivity index (χ1) is 12.7. The van der Waals surface area contributed by atoms with E-state index in [2.05, 4.69) is 4.98 Å². The van der Waals surface area contributed by atoms with Crippen molar-refractivity contribution in [3.8, 4) is 5.75 Å². The highest BCUT2D eigenvalue weighted by molar-refractivity contribution is 5.94. The molecule has 2 heterocycles. The molecule has 0 spiro atoms. The van der Waals surface area contributed by atoms with E-state index in [1.54, 1.807) is 11.0 Å². The fourth-order valence-corrected chi connectivity index (χ4v) is 3.14. The number of likely N-dealkylation sites (tertiary alicyclic amines) is 1. The Morgan fingerprint density at radius 3 is 2.56 bits per heavy atom. The molecule has 1 fully saturated rings. The normalized spacial score (nSPS) is 15.7. The molecular formula is C20H26N2O5. The molecule has 146 valence electrons. The molecule has 1 amide bonds. The number of amides is 1. The number of hydrogen-bond donors (Lipinski definition) is 2. The Morgan fingerprint density at radius 2 is 1.93 bits per heavy atom. The van der Waals surface area contributed by atoms with Crippen LogP contribution in [-0.4, -0.2) is 52.4 Å². The number of carboxylic acid groups (broad SMARTS) is 1. The molecule has 1 aliphatic heterocycles. The Balaban J connectivity index is 1.50. The largest absolute Gasteiger partial charge is 0.493 e. The summed E-state index contributed by atoms with van der Waals surface area (Å²) in [6.07, 6.45) is 1.48. The summed E-state index contributed by atoms with van der Waals surface area (Å²) < 4.78 is 11.3. The fraction of sp³-hybridized carbons (Fsp3) is 0.500. The first-order valence-electron chi connectivity index (χ1n) is 9.18. The Kier molecular flexibility index (Phi) is 5.30. The number of aromatic carboxylic acids is 1. The Labute approximate surface area is 158 Å². The molecule has 7 nitrogen and oxygen atoms in total. The van der Waals surface area contributed by atoms with Gasteiger partial charge in [-0.15, -0.1) is 0 Å². The minimum Gasteiger partial charge on any atom is -0.493 e. The average Bonchev–Trinajstić information content (AvgIpc) is 3.02. The van der Waals surface area contributed by atoms with Crippen molar-refractivity contribution in [3.63, 3.8) is 0 Å². The lowest BCUT2D eigenvalue weighted by Crippen LogP contribution is -2.42. The van der Waals surface area contributed by atoms with Crippen molar-refractivity contribution in [2.75, 3.05) is 19.7 Å². The fourth-order valence-electron chi connectivity index (χ4n) is 3.14. The number of carbonyl (C=O) groups is 2. The van der Waals surface area contributed by atoms with Crippen LogP contribution in [0.1, 0.15) is 44.1 Å². The third-order valence-corrected chi connectivity index (χ3v) is 4.57. The summed E-state index contributed by atoms with van der Waals surface area (Å²) in [5.41, 5.74) is 0.455. The average molecular weight is 374 g/mol. The minimum atomic E-state index is -0.981. The highest BCUT2D eigenvalue weighted by Gasteiger charge is 2.27. The second kappa shape index (κ2) is 7.50. The van der Waals surface area contributed by atoms with Crippen molar-refractivity contribution in [1.82, 2.24) is 9.88 Å². The summed E-state index contributed by atoms with van der Waals surface area (Å²) in [4.78, 5) is 27.7. The zero-order valence-corrected chi connectivity index (χ0v) is 15.9. The summed E-state index contributed by atoms with van der Waals surface area (Å²) >= 11 is 0. The van der Waals surface area contributed by atoms with E-state index in [1.807, 2.05) is 39.0 Å². The molecule has 0 atom stereocenters. The predicted molar refractivity (Wildman–Crippen MR) is 101 cm³/mol. The minimum absolute atomic E-state index is 0.164. The molecule has 1 aromatic heterocycles. The van der Waals surface area contributed by atoms with Crippen molar-refractivity contribution in [2.45, 2.75) is 39.2 Å². The summed E-state index contributed by atoms with van der Waals surface area (Å²) in [5.74, 6) is 0.110. The number of hydrogen-bond acceptors (Lipinski definition) is 4. The topological polar surface area (TPSA) is 91.9 Å². The van der Waals surface area contributed by atoms with Gasteiger partial charge in [0.25, 0.3) is 0 Å². The number of carbonyl (C=O) groups excluding carboxylic acids is 1. The van der Waals surface area contributed by atoms with Gasteiger partial charge in [0, 0.05) is 24.0 Å². The molecule has 0 radical (unpaired) electrons. The number of nitrogens with one attached hydrogen (secondary N) is 1. The molecule has 3 rings (SSSR count). The number of aromatic nitrogens is 1. The van der Waals surface area contributed by atoms with Gasteiger partial charge >= 0.3 is 12.1 Å². The van der Waals surface area contributed by atoms with E-state index in [0.717, 1.165) is 23.7 Å². The lowest BCUT2D eigenvalue weighted by molar-refractivity contribution is 0.0164. The number of fused-ring (bicyclic) bond motifs is 1. The van der Waals surface area contributed by atoms with E-state index in [4.69, 9.17) is 14.6 Å². The van der Waals surface area contributed by atoms with Crippen molar-refractivity contribution in [2.24, 2.45) is 5.92 Å². The molecule has 7 heteroatoms. The van der Waals surface area contributed by atoms with E-state index in [9.17, 15) is 9.59 Å². The smallest absolute Gasteiger partial charge is 0.410 e. The second-order valence-corrected chi connectivity index (χ2v) is 7.96. The SMILES string of the molecule is CC(C)(C)OC(=O)N1CCC(COc2ccc3[nH]c(C(=O)O)cc3c2)CC1. The number of carboxylic acids is 1. The number of piperidine rings is 1. The Morgan fingerprint density at radius 1 is 1.22 bits per heavy atom. The highest BCUT2D eigenvalue weighted by Crippen LogP contribution is 2.24. The van der Waals surface area contributed by atoms with Gasteiger partial charge in [0.15, 0.2) is 0 Å². The van der Waals surface area contributed by atoms with E-state index >= 15 is 0 Å². The van der Waals surface area contributed by atoms with E-state index in [1.165, 1.54) is 0 Å². The highest BCUT2D eigenvalue weighted by atomic mass is 16.6. The summed E-state index contributed by atoms with van der Waals surface area (Å²) in [7, 11) is 0. The number of nitrogens with zero attached hydrogens (tertiary/aromatic N) is 1. The van der Waals surface area contributed by atoms with Gasteiger partial charge in [0.1, 0.15) is 17.0 Å². The first-order valence-corrected chi connectivity index (χ1v) is 9.18. The maximum Gasteiger partial charge on any atom is 0.410 e. The van der Waals surface area contributed by atoms with Crippen LogP contribution < -0.4 is 4.74 Å². The molecule has 0 saturated carbocycles. The van der Waals surface area contributed by atoms with Gasteiger partial charge in [0.05, 0.1) is 6.61 Å². The van der Waals surface area contributed by atoms with Gasteiger partial charge in [-0.05, 0) is 63.8 Å². The van der Waals surface area contributed by atoms with Gasteiger partial charge in [-0.3, -0.25) is 0 Å². The van der Waals surface area contributed by atoms with Crippen molar-refractivity contribution in [3.05, 3.63) is 30.0 Å². The van der Waals surface area contributed by atoms with Crippen LogP contribution in [0.5, 0.6) is 5.75 Å². The second-order valence-electron chi connectivity index (χ2n) is 7.96. The summed E-state index contributed by atoms with van der Waals surface area (Å²) in [6, 6.07) is 7.10.